The number of hydrogen-bond donors (Lipinski definition) is 3. The van der Waals surface area contributed by atoms with Gasteiger partial charge in [-0.05, 0) is 42.8 Å². The van der Waals surface area contributed by atoms with Crippen LogP contribution in [0, 0.1) is 6.92 Å². The lowest BCUT2D eigenvalue weighted by Crippen LogP contribution is -2.13. The summed E-state index contributed by atoms with van der Waals surface area (Å²) < 4.78 is 0. The molecule has 0 aliphatic heterocycles. The van der Waals surface area contributed by atoms with E-state index < -0.39 is 11.9 Å². The van der Waals surface area contributed by atoms with Crippen LogP contribution in [0.15, 0.2) is 36.4 Å². The molecule has 0 atom stereocenters. The Labute approximate surface area is 125 Å². The van der Waals surface area contributed by atoms with E-state index in [2.05, 4.69) is 5.32 Å². The van der Waals surface area contributed by atoms with Crippen molar-refractivity contribution in [3.8, 4) is 5.75 Å². The molecule has 0 heterocycles. The molecule has 0 radical (unpaired) electrons. The maximum absolute atomic E-state index is 12.1. The number of benzene rings is 2. The van der Waals surface area contributed by atoms with E-state index in [0.29, 0.717) is 16.3 Å². The Morgan fingerprint density at radius 3 is 2.48 bits per heavy atom. The van der Waals surface area contributed by atoms with Crippen molar-refractivity contribution in [2.45, 2.75) is 6.92 Å². The highest BCUT2D eigenvalue weighted by Crippen LogP contribution is 2.24. The van der Waals surface area contributed by atoms with Crippen LogP contribution in [0.1, 0.15) is 26.3 Å². The Morgan fingerprint density at radius 1 is 1.14 bits per heavy atom. The number of nitrogens with one attached hydrogen (secondary N) is 1. The van der Waals surface area contributed by atoms with Gasteiger partial charge in [-0.15, -0.1) is 0 Å². The first-order chi connectivity index (χ1) is 9.88. The minimum absolute atomic E-state index is 0.0551. The first kappa shape index (κ1) is 14.9. The summed E-state index contributed by atoms with van der Waals surface area (Å²) in [5.41, 5.74) is 1.20. The molecule has 0 fully saturated rings. The number of carboxylic acids is 1. The first-order valence-corrected chi connectivity index (χ1v) is 6.40. The quantitative estimate of drug-likeness (QED) is 0.812. The number of aromatic carboxylic acids is 1. The van der Waals surface area contributed by atoms with Crippen LogP contribution in [-0.2, 0) is 0 Å². The lowest BCUT2D eigenvalue weighted by molar-refractivity contribution is 0.0696. The molecule has 0 aromatic heterocycles. The second kappa shape index (κ2) is 5.85. The summed E-state index contributed by atoms with van der Waals surface area (Å²) >= 11 is 5.71. The molecule has 108 valence electrons. The Morgan fingerprint density at radius 2 is 1.86 bits per heavy atom. The molecule has 5 nitrogen and oxygen atoms in total. The highest BCUT2D eigenvalue weighted by Gasteiger charge is 2.14. The predicted octanol–water partition coefficient (Wildman–Crippen LogP) is 3.30. The van der Waals surface area contributed by atoms with Crippen LogP contribution in [-0.4, -0.2) is 22.1 Å². The average molecular weight is 306 g/mol. The zero-order valence-electron chi connectivity index (χ0n) is 11.1. The van der Waals surface area contributed by atoms with Gasteiger partial charge in [0.25, 0.3) is 5.91 Å². The first-order valence-electron chi connectivity index (χ1n) is 6.02. The van der Waals surface area contributed by atoms with Crippen molar-refractivity contribution in [3.05, 3.63) is 58.1 Å². The summed E-state index contributed by atoms with van der Waals surface area (Å²) in [5, 5.41) is 21.6. The highest BCUT2D eigenvalue weighted by atomic mass is 35.5. The topological polar surface area (TPSA) is 86.6 Å². The molecule has 1 amide bonds. The van der Waals surface area contributed by atoms with Gasteiger partial charge in [-0.2, -0.15) is 0 Å². The number of phenolic OH excluding ortho intramolecular Hbond substituents is 1. The molecule has 3 N–H and O–H groups in total. The van der Waals surface area contributed by atoms with E-state index in [1.54, 1.807) is 13.0 Å². The van der Waals surface area contributed by atoms with E-state index in [9.17, 15) is 14.7 Å². The summed E-state index contributed by atoms with van der Waals surface area (Å²) in [5.74, 6) is -1.87. The molecule has 0 spiro atoms. The normalized spacial score (nSPS) is 10.2. The number of amides is 1. The number of carbonyl (C=O) groups excluding carboxylic acids is 1. The molecule has 0 aliphatic rings. The molecule has 2 rings (SSSR count). The van der Waals surface area contributed by atoms with E-state index in [1.165, 1.54) is 30.3 Å². The van der Waals surface area contributed by atoms with Crippen LogP contribution in [0.2, 0.25) is 5.02 Å². The van der Waals surface area contributed by atoms with Gasteiger partial charge < -0.3 is 15.5 Å². The third-order valence-corrected chi connectivity index (χ3v) is 3.17. The fraction of sp³-hybridized carbons (Fsp3) is 0.0667. The highest BCUT2D eigenvalue weighted by molar-refractivity contribution is 6.31. The predicted molar refractivity (Wildman–Crippen MR) is 79.2 cm³/mol. The Bertz CT molecular complexity index is 728. The standard InChI is InChI=1S/C15H12ClNO4/c1-8-2-3-9(15(20)21)6-12(8)17-14(19)11-5-4-10(16)7-13(11)18/h2-7,18H,1H3,(H,17,19)(H,20,21). The molecular weight excluding hydrogens is 294 g/mol. The number of halogens is 1. The number of aromatic hydroxyl groups is 1. The van der Waals surface area contributed by atoms with Crippen LogP contribution in [0.5, 0.6) is 5.75 Å². The molecule has 6 heteroatoms. The van der Waals surface area contributed by atoms with Crippen molar-refractivity contribution in [1.29, 1.82) is 0 Å². The number of phenols is 1. The van der Waals surface area contributed by atoms with Gasteiger partial charge in [0.15, 0.2) is 0 Å². The maximum atomic E-state index is 12.1. The van der Waals surface area contributed by atoms with Gasteiger partial charge in [-0.25, -0.2) is 4.79 Å². The maximum Gasteiger partial charge on any atom is 0.335 e. The number of carboxylic acid groups (broad SMARTS) is 1. The third-order valence-electron chi connectivity index (χ3n) is 2.94. The van der Waals surface area contributed by atoms with Crippen molar-refractivity contribution in [3.63, 3.8) is 0 Å². The van der Waals surface area contributed by atoms with Gasteiger partial charge in [0, 0.05) is 10.7 Å². The molecule has 0 saturated carbocycles. The summed E-state index contributed by atoms with van der Waals surface area (Å²) in [7, 11) is 0. The van der Waals surface area contributed by atoms with Gasteiger partial charge in [-0.1, -0.05) is 17.7 Å². The third kappa shape index (κ3) is 3.32. The van der Waals surface area contributed by atoms with Crippen molar-refractivity contribution in [1.82, 2.24) is 0 Å². The van der Waals surface area contributed by atoms with E-state index >= 15 is 0 Å². The minimum atomic E-state index is -1.08. The fourth-order valence-electron chi connectivity index (χ4n) is 1.78. The largest absolute Gasteiger partial charge is 0.507 e. The number of carbonyl (C=O) groups is 2. The van der Waals surface area contributed by atoms with Crippen LogP contribution in [0.25, 0.3) is 0 Å². The molecule has 2 aromatic rings. The monoisotopic (exact) mass is 305 g/mol. The number of anilines is 1. The van der Waals surface area contributed by atoms with Crippen LogP contribution in [0.4, 0.5) is 5.69 Å². The average Bonchev–Trinajstić information content (AvgIpc) is 2.40. The summed E-state index contributed by atoms with van der Waals surface area (Å²) in [6.45, 7) is 1.74. The van der Waals surface area contributed by atoms with Crippen molar-refractivity contribution in [2.24, 2.45) is 0 Å². The van der Waals surface area contributed by atoms with Crippen molar-refractivity contribution < 1.29 is 19.8 Å². The van der Waals surface area contributed by atoms with Crippen LogP contribution >= 0.6 is 11.6 Å². The lowest BCUT2D eigenvalue weighted by Gasteiger charge is -2.10. The number of aryl methyl sites for hydroxylation is 1. The second-order valence-corrected chi connectivity index (χ2v) is 4.89. The zero-order chi connectivity index (χ0) is 15.6. The number of hydrogen-bond acceptors (Lipinski definition) is 3. The van der Waals surface area contributed by atoms with E-state index in [-0.39, 0.29) is 16.9 Å². The lowest BCUT2D eigenvalue weighted by atomic mass is 10.1. The van der Waals surface area contributed by atoms with Gasteiger partial charge in [-0.3, -0.25) is 4.79 Å². The molecule has 0 unspecified atom stereocenters. The Balaban J connectivity index is 2.31. The van der Waals surface area contributed by atoms with E-state index in [1.807, 2.05) is 0 Å². The fourth-order valence-corrected chi connectivity index (χ4v) is 1.94. The van der Waals surface area contributed by atoms with E-state index in [4.69, 9.17) is 16.7 Å². The number of rotatable bonds is 3. The molecule has 0 bridgehead atoms. The Kier molecular flexibility index (Phi) is 4.14. The Hall–Kier alpha value is -2.53. The molecule has 0 saturated heterocycles. The summed E-state index contributed by atoms with van der Waals surface area (Å²) in [6, 6.07) is 8.55. The molecule has 2 aromatic carbocycles. The van der Waals surface area contributed by atoms with Crippen molar-refractivity contribution >= 4 is 29.2 Å². The molecular formula is C15H12ClNO4. The van der Waals surface area contributed by atoms with Gasteiger partial charge >= 0.3 is 5.97 Å². The van der Waals surface area contributed by atoms with Crippen LogP contribution < -0.4 is 5.32 Å². The van der Waals surface area contributed by atoms with Gasteiger partial charge in [0.05, 0.1) is 11.1 Å². The van der Waals surface area contributed by atoms with Crippen LogP contribution in [0.3, 0.4) is 0 Å². The van der Waals surface area contributed by atoms with Gasteiger partial charge in [0.1, 0.15) is 5.75 Å². The zero-order valence-corrected chi connectivity index (χ0v) is 11.8. The SMILES string of the molecule is Cc1ccc(C(=O)O)cc1NC(=O)c1ccc(Cl)cc1O. The van der Waals surface area contributed by atoms with Gasteiger partial charge in [0.2, 0.25) is 0 Å². The smallest absolute Gasteiger partial charge is 0.335 e. The van der Waals surface area contributed by atoms with E-state index in [0.717, 1.165) is 0 Å². The summed E-state index contributed by atoms with van der Waals surface area (Å²) in [4.78, 5) is 23.1. The summed E-state index contributed by atoms with van der Waals surface area (Å²) in [6.07, 6.45) is 0. The molecule has 0 aliphatic carbocycles. The minimum Gasteiger partial charge on any atom is -0.507 e. The van der Waals surface area contributed by atoms with Crippen molar-refractivity contribution in [2.75, 3.05) is 5.32 Å². The second-order valence-electron chi connectivity index (χ2n) is 4.45. The molecule has 21 heavy (non-hydrogen) atoms.